The Hall–Kier alpha value is -2.68. The van der Waals surface area contributed by atoms with Crippen LogP contribution in [-0.2, 0) is 42.3 Å². The van der Waals surface area contributed by atoms with Crippen LogP contribution >= 0.6 is 18.9 Å². The van der Waals surface area contributed by atoms with Gasteiger partial charge < -0.3 is 52.9 Å². The van der Waals surface area contributed by atoms with E-state index < -0.39 is 7.26 Å². The van der Waals surface area contributed by atoms with Gasteiger partial charge in [0.15, 0.2) is 0 Å². The molecule has 43 heavy (non-hydrogen) atoms. The molecule has 4 aromatic carbocycles. The molecule has 4 rings (SSSR count). The van der Waals surface area contributed by atoms with Gasteiger partial charge in [0.2, 0.25) is 0 Å². The molecule has 0 aromatic heterocycles. The number of rotatable bonds is 9. The molecule has 0 spiro atoms. The molecule has 225 valence electrons. The standard InChI is InChI=1S/C31H30ClN6PS2.BrH.Cu/c1-23(29(36-37-30(40)33-2)24-18-20-25(32)21-19-24)35-38-31(41)34-22-39(26-12-6-3-7-13-26,27-14-8-4-9-15-27)28-16-10-5-11-17-28;;/h3-21H,22H2,1-2H3,(H3-,33,34,35,36,37,38,40,41);1H;/q;;+2/p-2. The zero-order valence-corrected chi connectivity index (χ0v) is 29.1. The average Bonchev–Trinajstić information content (AvgIpc) is 3.02. The van der Waals surface area contributed by atoms with Gasteiger partial charge in [0.1, 0.15) is 35.2 Å². The Labute approximate surface area is 291 Å². The number of amidine groups is 2. The Kier molecular flexibility index (Phi) is 15.5. The number of hydrogen-bond acceptors (Lipinski definition) is 6. The quantitative estimate of drug-likeness (QED) is 0.0685. The van der Waals surface area contributed by atoms with Crippen LogP contribution in [0.4, 0.5) is 0 Å². The third-order valence-electron chi connectivity index (χ3n) is 6.26. The van der Waals surface area contributed by atoms with E-state index in [1.54, 1.807) is 26.1 Å². The predicted octanol–water partition coefficient (Wildman–Crippen LogP) is 1.99. The Morgan fingerprint density at radius 3 is 1.56 bits per heavy atom. The van der Waals surface area contributed by atoms with Gasteiger partial charge in [-0.1, -0.05) is 78.3 Å². The van der Waals surface area contributed by atoms with Crippen LogP contribution < -0.4 is 43.5 Å². The van der Waals surface area contributed by atoms with Crippen molar-refractivity contribution in [3.8, 4) is 0 Å². The summed E-state index contributed by atoms with van der Waals surface area (Å²) in [6.45, 7) is 1.80. The van der Waals surface area contributed by atoms with Crippen molar-refractivity contribution in [1.82, 2.24) is 10.6 Å². The van der Waals surface area contributed by atoms with Gasteiger partial charge in [-0.2, -0.15) is 15.3 Å². The number of nitrogens with zero attached hydrogens (tertiary/aromatic N) is 4. The molecule has 0 fully saturated rings. The Bertz CT molecular complexity index is 1460. The summed E-state index contributed by atoms with van der Waals surface area (Å²) < 4.78 is 0. The van der Waals surface area contributed by atoms with E-state index in [1.807, 2.05) is 30.3 Å². The van der Waals surface area contributed by atoms with Crippen molar-refractivity contribution >= 4 is 81.8 Å². The van der Waals surface area contributed by atoms with Gasteiger partial charge >= 0.3 is 17.1 Å². The second-order valence-electron chi connectivity index (χ2n) is 8.85. The predicted molar refractivity (Wildman–Crippen MR) is 183 cm³/mol. The molecule has 0 unspecified atom stereocenters. The first-order chi connectivity index (χ1) is 19.9. The molecule has 4 aromatic rings. The monoisotopic (exact) mass is 757 g/mol. The summed E-state index contributed by atoms with van der Waals surface area (Å²) in [5.74, 6) is 0. The summed E-state index contributed by atoms with van der Waals surface area (Å²) >= 11 is 16.9. The summed E-state index contributed by atoms with van der Waals surface area (Å²) in [4.78, 5) is 0. The summed E-state index contributed by atoms with van der Waals surface area (Å²) in [6.07, 6.45) is 0.575. The van der Waals surface area contributed by atoms with Gasteiger partial charge in [0, 0.05) is 22.8 Å². The van der Waals surface area contributed by atoms with E-state index in [-0.39, 0.29) is 44.4 Å². The maximum Gasteiger partial charge on any atom is 2.00 e. The van der Waals surface area contributed by atoms with E-state index in [2.05, 4.69) is 104 Å². The molecule has 2 N–H and O–H groups in total. The molecule has 12 heteroatoms. The molecule has 0 amide bonds. The number of benzene rings is 4. The minimum Gasteiger partial charge on any atom is -1.00 e. The number of hydrogen-bond donors (Lipinski definition) is 2. The van der Waals surface area contributed by atoms with Crippen LogP contribution in [0.5, 0.6) is 0 Å². The largest absolute Gasteiger partial charge is 2.00 e. The van der Waals surface area contributed by atoms with Gasteiger partial charge in [0.25, 0.3) is 0 Å². The molecule has 0 aliphatic heterocycles. The molecular weight excluding hydrogens is 730 g/mol. The molecule has 0 aliphatic carbocycles. The first kappa shape index (κ1) is 36.5. The molecule has 0 saturated carbocycles. The normalized spacial score (nSPS) is 12.5. The molecular formula is C31H29BrClCuN6PS2. The van der Waals surface area contributed by atoms with Crippen LogP contribution in [0.25, 0.3) is 0 Å². The third-order valence-corrected chi connectivity index (χ3v) is 11.2. The average molecular weight is 760 g/mol. The summed E-state index contributed by atoms with van der Waals surface area (Å²) in [7, 11) is -0.444. The fourth-order valence-electron chi connectivity index (χ4n) is 4.25. The Balaban J connectivity index is 0.00000323. The van der Waals surface area contributed by atoms with E-state index in [4.69, 9.17) is 36.9 Å². The Morgan fingerprint density at radius 2 is 1.12 bits per heavy atom. The molecule has 0 heterocycles. The number of nitrogens with one attached hydrogen (secondary N) is 2. The van der Waals surface area contributed by atoms with E-state index in [9.17, 15) is 0 Å². The minimum absolute atomic E-state index is 0. The SMILES string of the molecule is CNC([S-])=NN=C(C(C)=NN=C([S-])NC[P+](c1ccccc1)(c1ccccc1)c1ccccc1)c1ccc(Cl)cc1.[Br-].[Cu+2]. The topological polar surface area (TPSA) is 73.5 Å². The summed E-state index contributed by atoms with van der Waals surface area (Å²) in [6, 6.07) is 38.9. The Morgan fingerprint density at radius 1 is 0.674 bits per heavy atom. The summed E-state index contributed by atoms with van der Waals surface area (Å²) in [5, 5.41) is 28.2. The second kappa shape index (κ2) is 18.2. The maximum absolute atomic E-state index is 6.09. The van der Waals surface area contributed by atoms with Crippen LogP contribution in [0.2, 0.25) is 5.02 Å². The molecule has 0 aliphatic rings. The fourth-order valence-corrected chi connectivity index (χ4v) is 8.51. The van der Waals surface area contributed by atoms with Gasteiger partial charge in [-0.05, 0) is 60.6 Å². The molecule has 0 bridgehead atoms. The smallest absolute Gasteiger partial charge is 1.00 e. The van der Waals surface area contributed by atoms with Crippen molar-refractivity contribution in [2.24, 2.45) is 20.4 Å². The second-order valence-corrected chi connectivity index (χ2v) is 13.5. The van der Waals surface area contributed by atoms with E-state index in [1.165, 1.54) is 15.9 Å². The van der Waals surface area contributed by atoms with Gasteiger partial charge in [-0.3, -0.25) is 0 Å². The van der Waals surface area contributed by atoms with Crippen LogP contribution in [-0.4, -0.2) is 35.1 Å². The zero-order valence-electron chi connectivity index (χ0n) is 23.3. The molecule has 0 saturated heterocycles. The van der Waals surface area contributed by atoms with Crippen molar-refractivity contribution in [3.63, 3.8) is 0 Å². The fraction of sp³-hybridized carbons (Fsp3) is 0.0968. The zero-order chi connectivity index (χ0) is 29.1. The molecule has 1 radical (unpaired) electrons. The first-order valence-electron chi connectivity index (χ1n) is 12.8. The van der Waals surface area contributed by atoms with E-state index in [0.29, 0.717) is 22.7 Å². The summed E-state index contributed by atoms with van der Waals surface area (Å²) in [5.41, 5.74) is 1.80. The molecule has 6 nitrogen and oxygen atoms in total. The van der Waals surface area contributed by atoms with Crippen molar-refractivity contribution in [3.05, 3.63) is 126 Å². The van der Waals surface area contributed by atoms with Crippen LogP contribution in [0.15, 0.2) is 136 Å². The van der Waals surface area contributed by atoms with E-state index in [0.717, 1.165) is 5.56 Å². The van der Waals surface area contributed by atoms with Crippen LogP contribution in [0, 0.1) is 0 Å². The van der Waals surface area contributed by atoms with Gasteiger partial charge in [-0.15, -0.1) is 5.10 Å². The number of halogens is 2. The van der Waals surface area contributed by atoms with Crippen LogP contribution in [0.3, 0.4) is 0 Å². The van der Waals surface area contributed by atoms with Gasteiger partial charge in [-0.25, -0.2) is 0 Å². The maximum atomic E-state index is 6.09. The van der Waals surface area contributed by atoms with Crippen LogP contribution in [0.1, 0.15) is 12.5 Å². The third kappa shape index (κ3) is 9.65. The first-order valence-corrected chi connectivity index (χ1v) is 16.0. The van der Waals surface area contributed by atoms with Crippen molar-refractivity contribution < 1.29 is 34.1 Å². The van der Waals surface area contributed by atoms with Crippen molar-refractivity contribution in [2.75, 3.05) is 13.3 Å². The molecule has 0 atom stereocenters. The van der Waals surface area contributed by atoms with Gasteiger partial charge in [0.05, 0.1) is 5.71 Å². The minimum atomic E-state index is -2.13. The van der Waals surface area contributed by atoms with E-state index >= 15 is 0 Å². The van der Waals surface area contributed by atoms with Crippen molar-refractivity contribution in [1.29, 1.82) is 0 Å². The van der Waals surface area contributed by atoms with Crippen molar-refractivity contribution in [2.45, 2.75) is 6.92 Å².